The molecule has 2 aromatic carbocycles. The molecule has 24 heavy (non-hydrogen) atoms. The fourth-order valence-corrected chi connectivity index (χ4v) is 3.12. The Bertz CT molecular complexity index is 942. The van der Waals surface area contributed by atoms with Crippen molar-refractivity contribution in [1.82, 2.24) is 4.98 Å². The monoisotopic (exact) mass is 316 g/mol. The average Bonchev–Trinajstić information content (AvgIpc) is 3.41. The average molecular weight is 316 g/mol. The Morgan fingerprint density at radius 1 is 1.08 bits per heavy atom. The molecule has 1 amide bonds. The van der Waals surface area contributed by atoms with Gasteiger partial charge in [0.15, 0.2) is 0 Å². The maximum Gasteiger partial charge on any atom is 0.256 e. The lowest BCUT2D eigenvalue weighted by Gasteiger charge is -2.12. The molecular formula is C21H20N2O. The van der Waals surface area contributed by atoms with E-state index in [0.717, 1.165) is 27.8 Å². The number of rotatable bonds is 3. The van der Waals surface area contributed by atoms with Gasteiger partial charge in [0.1, 0.15) is 0 Å². The molecule has 1 N–H and O–H groups in total. The minimum atomic E-state index is -0.0672. The van der Waals surface area contributed by atoms with Gasteiger partial charge in [0.25, 0.3) is 5.91 Å². The molecule has 0 atom stereocenters. The number of aryl methyl sites for hydroxylation is 2. The topological polar surface area (TPSA) is 42.0 Å². The largest absolute Gasteiger partial charge is 0.322 e. The Labute approximate surface area is 141 Å². The molecule has 4 rings (SSSR count). The third kappa shape index (κ3) is 2.78. The number of pyridine rings is 1. The number of carbonyl (C=O) groups excluding carboxylic acids is 1. The number of aromatic nitrogens is 1. The Morgan fingerprint density at radius 2 is 1.88 bits per heavy atom. The number of carbonyl (C=O) groups is 1. The first-order chi connectivity index (χ1) is 11.6. The van der Waals surface area contributed by atoms with E-state index in [-0.39, 0.29) is 5.91 Å². The van der Waals surface area contributed by atoms with Crippen molar-refractivity contribution in [3.8, 4) is 0 Å². The van der Waals surface area contributed by atoms with Gasteiger partial charge in [-0.2, -0.15) is 0 Å². The standard InChI is InChI=1S/C21H20N2O/c1-13-7-10-18(14(2)11-13)23-21(24)17-12-20(15-8-9-15)22-19-6-4-3-5-16(17)19/h3-7,10-12,15H,8-9H2,1-2H3,(H,23,24). The van der Waals surface area contributed by atoms with Gasteiger partial charge in [0.2, 0.25) is 0 Å². The molecule has 0 spiro atoms. The second-order valence-corrected chi connectivity index (χ2v) is 6.66. The summed E-state index contributed by atoms with van der Waals surface area (Å²) in [6.45, 7) is 4.07. The first kappa shape index (κ1) is 14.9. The Morgan fingerprint density at radius 3 is 2.62 bits per heavy atom. The zero-order valence-electron chi connectivity index (χ0n) is 14.0. The van der Waals surface area contributed by atoms with Gasteiger partial charge in [-0.1, -0.05) is 35.9 Å². The van der Waals surface area contributed by atoms with Crippen LogP contribution in [0.3, 0.4) is 0 Å². The van der Waals surface area contributed by atoms with Gasteiger partial charge in [-0.05, 0) is 50.5 Å². The van der Waals surface area contributed by atoms with Crippen molar-refractivity contribution in [1.29, 1.82) is 0 Å². The third-order valence-electron chi connectivity index (χ3n) is 4.61. The quantitative estimate of drug-likeness (QED) is 0.740. The zero-order chi connectivity index (χ0) is 16.7. The molecule has 0 aliphatic heterocycles. The number of nitrogens with one attached hydrogen (secondary N) is 1. The van der Waals surface area contributed by atoms with E-state index in [4.69, 9.17) is 4.98 Å². The van der Waals surface area contributed by atoms with E-state index in [2.05, 4.69) is 18.3 Å². The number of nitrogens with zero attached hydrogens (tertiary/aromatic N) is 1. The predicted molar refractivity (Wildman–Crippen MR) is 97.6 cm³/mol. The minimum Gasteiger partial charge on any atom is -0.322 e. The highest BCUT2D eigenvalue weighted by atomic mass is 16.1. The molecule has 3 nitrogen and oxygen atoms in total. The second-order valence-electron chi connectivity index (χ2n) is 6.66. The number of hydrogen-bond acceptors (Lipinski definition) is 2. The molecule has 1 saturated carbocycles. The first-order valence-electron chi connectivity index (χ1n) is 8.40. The van der Waals surface area contributed by atoms with Crippen LogP contribution in [0.4, 0.5) is 5.69 Å². The lowest BCUT2D eigenvalue weighted by molar-refractivity contribution is 0.102. The zero-order valence-corrected chi connectivity index (χ0v) is 14.0. The summed E-state index contributed by atoms with van der Waals surface area (Å²) in [5.41, 5.74) is 5.77. The summed E-state index contributed by atoms with van der Waals surface area (Å²) < 4.78 is 0. The van der Waals surface area contributed by atoms with Crippen molar-refractivity contribution < 1.29 is 4.79 Å². The normalized spacial score (nSPS) is 13.9. The maximum absolute atomic E-state index is 12.9. The van der Waals surface area contributed by atoms with Crippen molar-refractivity contribution in [3.05, 3.63) is 70.9 Å². The molecule has 0 unspecified atom stereocenters. The molecule has 1 aromatic heterocycles. The fourth-order valence-electron chi connectivity index (χ4n) is 3.12. The van der Waals surface area contributed by atoms with Crippen LogP contribution in [-0.2, 0) is 0 Å². The third-order valence-corrected chi connectivity index (χ3v) is 4.61. The number of anilines is 1. The van der Waals surface area contributed by atoms with Crippen molar-refractivity contribution >= 4 is 22.5 Å². The highest BCUT2D eigenvalue weighted by Crippen LogP contribution is 2.40. The molecule has 1 fully saturated rings. The molecule has 0 radical (unpaired) electrons. The van der Waals surface area contributed by atoms with Gasteiger partial charge < -0.3 is 5.32 Å². The Balaban J connectivity index is 1.75. The number of benzene rings is 2. The lowest BCUT2D eigenvalue weighted by Crippen LogP contribution is -2.14. The first-order valence-corrected chi connectivity index (χ1v) is 8.40. The summed E-state index contributed by atoms with van der Waals surface area (Å²) in [5.74, 6) is 0.449. The van der Waals surface area contributed by atoms with E-state index in [1.807, 2.05) is 49.4 Å². The summed E-state index contributed by atoms with van der Waals surface area (Å²) in [6, 6.07) is 15.9. The number of hydrogen-bond donors (Lipinski definition) is 1. The van der Waals surface area contributed by atoms with E-state index in [1.165, 1.54) is 18.4 Å². The summed E-state index contributed by atoms with van der Waals surface area (Å²) in [5, 5.41) is 3.97. The molecule has 1 aliphatic carbocycles. The van der Waals surface area contributed by atoms with Crippen molar-refractivity contribution in [2.75, 3.05) is 5.32 Å². The maximum atomic E-state index is 12.9. The predicted octanol–water partition coefficient (Wildman–Crippen LogP) is 4.98. The van der Waals surface area contributed by atoms with Crippen LogP contribution in [0.1, 0.15) is 45.9 Å². The van der Waals surface area contributed by atoms with Gasteiger partial charge in [-0.15, -0.1) is 0 Å². The van der Waals surface area contributed by atoms with Crippen LogP contribution in [0.15, 0.2) is 48.5 Å². The van der Waals surface area contributed by atoms with Gasteiger partial charge in [0, 0.05) is 22.7 Å². The van der Waals surface area contributed by atoms with Crippen LogP contribution in [0.25, 0.3) is 10.9 Å². The Kier molecular flexibility index (Phi) is 3.57. The molecule has 1 heterocycles. The van der Waals surface area contributed by atoms with Crippen molar-refractivity contribution in [3.63, 3.8) is 0 Å². The van der Waals surface area contributed by atoms with Gasteiger partial charge >= 0.3 is 0 Å². The number of para-hydroxylation sites is 1. The van der Waals surface area contributed by atoms with Crippen LogP contribution >= 0.6 is 0 Å². The van der Waals surface area contributed by atoms with E-state index in [9.17, 15) is 4.79 Å². The molecule has 0 saturated heterocycles. The van der Waals surface area contributed by atoms with Crippen LogP contribution < -0.4 is 5.32 Å². The van der Waals surface area contributed by atoms with E-state index in [1.54, 1.807) is 0 Å². The molecule has 3 heteroatoms. The molecular weight excluding hydrogens is 296 g/mol. The molecule has 1 aliphatic rings. The highest BCUT2D eigenvalue weighted by molar-refractivity contribution is 6.12. The highest BCUT2D eigenvalue weighted by Gasteiger charge is 2.27. The number of amides is 1. The molecule has 0 bridgehead atoms. The van der Waals surface area contributed by atoms with Crippen LogP contribution in [0.5, 0.6) is 0 Å². The summed E-state index contributed by atoms with van der Waals surface area (Å²) >= 11 is 0. The van der Waals surface area contributed by atoms with E-state index >= 15 is 0 Å². The van der Waals surface area contributed by atoms with Gasteiger partial charge in [-0.3, -0.25) is 9.78 Å². The summed E-state index contributed by atoms with van der Waals surface area (Å²) in [7, 11) is 0. The Hall–Kier alpha value is -2.68. The minimum absolute atomic E-state index is 0.0672. The molecule has 120 valence electrons. The van der Waals surface area contributed by atoms with Gasteiger partial charge in [-0.25, -0.2) is 0 Å². The second kappa shape index (κ2) is 5.75. The smallest absolute Gasteiger partial charge is 0.256 e. The van der Waals surface area contributed by atoms with Crippen LogP contribution in [0, 0.1) is 13.8 Å². The van der Waals surface area contributed by atoms with Crippen molar-refractivity contribution in [2.24, 2.45) is 0 Å². The SMILES string of the molecule is Cc1ccc(NC(=O)c2cc(C3CC3)nc3ccccc23)c(C)c1. The lowest BCUT2D eigenvalue weighted by atomic mass is 10.0. The number of fused-ring (bicyclic) bond motifs is 1. The molecule has 3 aromatic rings. The summed E-state index contributed by atoms with van der Waals surface area (Å²) in [6.07, 6.45) is 2.34. The van der Waals surface area contributed by atoms with E-state index < -0.39 is 0 Å². The fraction of sp³-hybridized carbons (Fsp3) is 0.238. The van der Waals surface area contributed by atoms with Crippen molar-refractivity contribution in [2.45, 2.75) is 32.6 Å². The van der Waals surface area contributed by atoms with Gasteiger partial charge in [0.05, 0.1) is 11.1 Å². The summed E-state index contributed by atoms with van der Waals surface area (Å²) in [4.78, 5) is 17.7. The van der Waals surface area contributed by atoms with Crippen LogP contribution in [0.2, 0.25) is 0 Å². The van der Waals surface area contributed by atoms with Crippen LogP contribution in [-0.4, -0.2) is 10.9 Å². The van der Waals surface area contributed by atoms with E-state index in [0.29, 0.717) is 11.5 Å².